The van der Waals surface area contributed by atoms with Crippen molar-refractivity contribution < 1.29 is 4.79 Å². The molecule has 0 spiro atoms. The number of para-hydroxylation sites is 2. The van der Waals surface area contributed by atoms with Gasteiger partial charge in [-0.05, 0) is 37.1 Å². The van der Waals surface area contributed by atoms with E-state index in [2.05, 4.69) is 35.0 Å². The molecule has 0 atom stereocenters. The minimum absolute atomic E-state index is 0.0105. The molecule has 0 aliphatic rings. The highest BCUT2D eigenvalue weighted by Gasteiger charge is 2.10. The van der Waals surface area contributed by atoms with Crippen LogP contribution >= 0.6 is 0 Å². The average Bonchev–Trinajstić information content (AvgIpc) is 3.06. The monoisotopic (exact) mass is 363 g/mol. The third kappa shape index (κ3) is 5.19. The maximum Gasteiger partial charge on any atom is 0.251 e. The Morgan fingerprint density at radius 3 is 2.56 bits per heavy atom. The van der Waals surface area contributed by atoms with Crippen LogP contribution in [-0.2, 0) is 13.0 Å². The largest absolute Gasteiger partial charge is 0.352 e. The topological polar surface area (TPSA) is 46.9 Å². The number of imidazole rings is 1. The van der Waals surface area contributed by atoms with Gasteiger partial charge >= 0.3 is 0 Å². The smallest absolute Gasteiger partial charge is 0.251 e. The number of aromatic nitrogens is 2. The van der Waals surface area contributed by atoms with Crippen LogP contribution in [0, 0.1) is 0 Å². The van der Waals surface area contributed by atoms with Crippen LogP contribution in [0.3, 0.4) is 0 Å². The quantitative estimate of drug-likeness (QED) is 0.516. The third-order valence-corrected chi connectivity index (χ3v) is 4.87. The molecule has 1 N–H and O–H groups in total. The molecule has 4 heteroatoms. The predicted molar refractivity (Wildman–Crippen MR) is 111 cm³/mol. The Bertz CT molecular complexity index is 854. The van der Waals surface area contributed by atoms with Gasteiger partial charge in [0.1, 0.15) is 5.82 Å². The van der Waals surface area contributed by atoms with E-state index in [1.807, 2.05) is 36.4 Å². The molecule has 3 aromatic rings. The van der Waals surface area contributed by atoms with E-state index in [1.54, 1.807) is 0 Å². The van der Waals surface area contributed by atoms with E-state index in [9.17, 15) is 4.79 Å². The number of carbonyl (C=O) groups excluding carboxylic acids is 1. The van der Waals surface area contributed by atoms with Crippen LogP contribution in [0.1, 0.15) is 55.2 Å². The lowest BCUT2D eigenvalue weighted by Gasteiger charge is -2.10. The van der Waals surface area contributed by atoms with Crippen molar-refractivity contribution in [3.8, 4) is 0 Å². The molecule has 1 amide bonds. The van der Waals surface area contributed by atoms with E-state index in [1.165, 1.54) is 31.2 Å². The van der Waals surface area contributed by atoms with Gasteiger partial charge in [0.25, 0.3) is 5.91 Å². The summed E-state index contributed by atoms with van der Waals surface area (Å²) < 4.78 is 2.37. The molecule has 0 saturated carbocycles. The SMILES string of the molecule is CCCCCCn1c(CCCNC(=O)c2ccccc2)nc2ccccc21. The van der Waals surface area contributed by atoms with Gasteiger partial charge in [0.2, 0.25) is 0 Å². The highest BCUT2D eigenvalue weighted by Crippen LogP contribution is 2.18. The Labute approximate surface area is 161 Å². The molecule has 2 aromatic carbocycles. The van der Waals surface area contributed by atoms with Gasteiger partial charge in [-0.3, -0.25) is 4.79 Å². The second-order valence-corrected chi connectivity index (χ2v) is 6.95. The molecule has 0 bridgehead atoms. The maximum atomic E-state index is 12.1. The molecule has 3 rings (SSSR count). The van der Waals surface area contributed by atoms with Crippen LogP contribution in [0.5, 0.6) is 0 Å². The maximum absolute atomic E-state index is 12.1. The number of nitrogens with one attached hydrogen (secondary N) is 1. The highest BCUT2D eigenvalue weighted by molar-refractivity contribution is 5.94. The fourth-order valence-electron chi connectivity index (χ4n) is 3.40. The molecule has 4 nitrogen and oxygen atoms in total. The summed E-state index contributed by atoms with van der Waals surface area (Å²) in [7, 11) is 0. The van der Waals surface area contributed by atoms with Gasteiger partial charge in [0.15, 0.2) is 0 Å². The lowest BCUT2D eigenvalue weighted by atomic mass is 10.2. The number of rotatable bonds is 10. The molecule has 0 aliphatic carbocycles. The minimum Gasteiger partial charge on any atom is -0.352 e. The van der Waals surface area contributed by atoms with Gasteiger partial charge in [-0.2, -0.15) is 0 Å². The zero-order valence-corrected chi connectivity index (χ0v) is 16.2. The number of hydrogen-bond acceptors (Lipinski definition) is 2. The van der Waals surface area contributed by atoms with Gasteiger partial charge in [-0.1, -0.05) is 56.5 Å². The standard InChI is InChI=1S/C23H29N3O/c1-2-3-4-10-18-26-21-15-9-8-14-20(21)25-22(26)16-11-17-24-23(27)19-12-6-5-7-13-19/h5-9,12-15H,2-4,10-11,16-18H2,1H3,(H,24,27). The van der Waals surface area contributed by atoms with E-state index in [4.69, 9.17) is 4.98 Å². The second-order valence-electron chi connectivity index (χ2n) is 6.95. The number of nitrogens with zero attached hydrogens (tertiary/aromatic N) is 2. The predicted octanol–water partition coefficient (Wildman–Crippen LogP) is 4.98. The van der Waals surface area contributed by atoms with Crippen molar-refractivity contribution in [3.05, 3.63) is 66.0 Å². The Hall–Kier alpha value is -2.62. The molecule has 1 aromatic heterocycles. The first kappa shape index (κ1) is 19.2. The van der Waals surface area contributed by atoms with Crippen molar-refractivity contribution in [2.24, 2.45) is 0 Å². The second kappa shape index (κ2) is 9.91. The van der Waals surface area contributed by atoms with E-state index in [-0.39, 0.29) is 5.91 Å². The molecular weight excluding hydrogens is 334 g/mol. The lowest BCUT2D eigenvalue weighted by molar-refractivity contribution is 0.0953. The molecule has 0 saturated heterocycles. The Kier molecular flexibility index (Phi) is 7.03. The van der Waals surface area contributed by atoms with Crippen LogP contribution in [0.15, 0.2) is 54.6 Å². The number of fused-ring (bicyclic) bond motifs is 1. The number of carbonyl (C=O) groups is 1. The first-order chi connectivity index (χ1) is 13.3. The first-order valence-corrected chi connectivity index (χ1v) is 10.1. The van der Waals surface area contributed by atoms with Crippen LogP contribution in [0.4, 0.5) is 0 Å². The summed E-state index contributed by atoms with van der Waals surface area (Å²) in [6.07, 6.45) is 6.74. The molecular formula is C23H29N3O. The van der Waals surface area contributed by atoms with Crippen LogP contribution < -0.4 is 5.32 Å². The fraction of sp³-hybridized carbons (Fsp3) is 0.391. The summed E-state index contributed by atoms with van der Waals surface area (Å²) in [6, 6.07) is 17.7. The van der Waals surface area contributed by atoms with Gasteiger partial charge in [-0.15, -0.1) is 0 Å². The van der Waals surface area contributed by atoms with Gasteiger partial charge in [0, 0.05) is 25.1 Å². The minimum atomic E-state index is -0.0105. The van der Waals surface area contributed by atoms with E-state index >= 15 is 0 Å². The van der Waals surface area contributed by atoms with Crippen molar-refractivity contribution in [2.45, 2.75) is 52.0 Å². The normalized spacial score (nSPS) is 11.0. The van der Waals surface area contributed by atoms with Crippen molar-refractivity contribution in [1.82, 2.24) is 14.9 Å². The van der Waals surface area contributed by atoms with Gasteiger partial charge in [-0.25, -0.2) is 4.98 Å². The van der Waals surface area contributed by atoms with E-state index in [0.29, 0.717) is 12.1 Å². The van der Waals surface area contributed by atoms with Gasteiger partial charge < -0.3 is 9.88 Å². The van der Waals surface area contributed by atoms with E-state index < -0.39 is 0 Å². The summed E-state index contributed by atoms with van der Waals surface area (Å²) in [6.45, 7) is 3.92. The van der Waals surface area contributed by atoms with Crippen molar-refractivity contribution in [2.75, 3.05) is 6.54 Å². The third-order valence-electron chi connectivity index (χ3n) is 4.87. The van der Waals surface area contributed by atoms with Crippen LogP contribution in [0.25, 0.3) is 11.0 Å². The summed E-state index contributed by atoms with van der Waals surface area (Å²) in [5.41, 5.74) is 2.99. The van der Waals surface area contributed by atoms with Crippen molar-refractivity contribution >= 4 is 16.9 Å². The summed E-state index contributed by atoms with van der Waals surface area (Å²) in [5.74, 6) is 1.12. The molecule has 0 radical (unpaired) electrons. The number of benzene rings is 2. The molecule has 0 fully saturated rings. The zero-order chi connectivity index (χ0) is 18.9. The molecule has 1 heterocycles. The number of hydrogen-bond donors (Lipinski definition) is 1. The van der Waals surface area contributed by atoms with Gasteiger partial charge in [0.05, 0.1) is 11.0 Å². The fourth-order valence-corrected chi connectivity index (χ4v) is 3.40. The molecule has 142 valence electrons. The molecule has 0 unspecified atom stereocenters. The number of unbranched alkanes of at least 4 members (excludes halogenated alkanes) is 3. The Balaban J connectivity index is 1.58. The summed E-state index contributed by atoms with van der Waals surface area (Å²) in [5, 5.41) is 3.01. The lowest BCUT2D eigenvalue weighted by Crippen LogP contribution is -2.24. The Morgan fingerprint density at radius 1 is 0.963 bits per heavy atom. The van der Waals surface area contributed by atoms with Crippen molar-refractivity contribution in [3.63, 3.8) is 0 Å². The molecule has 27 heavy (non-hydrogen) atoms. The zero-order valence-electron chi connectivity index (χ0n) is 16.2. The van der Waals surface area contributed by atoms with E-state index in [0.717, 1.165) is 30.7 Å². The summed E-state index contributed by atoms with van der Waals surface area (Å²) >= 11 is 0. The molecule has 0 aliphatic heterocycles. The summed E-state index contributed by atoms with van der Waals surface area (Å²) in [4.78, 5) is 17.0. The first-order valence-electron chi connectivity index (χ1n) is 10.1. The Morgan fingerprint density at radius 2 is 1.74 bits per heavy atom. The number of aryl methyl sites for hydroxylation is 2. The highest BCUT2D eigenvalue weighted by atomic mass is 16.1. The van der Waals surface area contributed by atoms with Crippen LogP contribution in [0.2, 0.25) is 0 Å². The van der Waals surface area contributed by atoms with Crippen molar-refractivity contribution in [1.29, 1.82) is 0 Å². The average molecular weight is 364 g/mol. The number of amides is 1. The van der Waals surface area contributed by atoms with Crippen LogP contribution in [-0.4, -0.2) is 22.0 Å².